The van der Waals surface area contributed by atoms with Gasteiger partial charge in [0.05, 0.1) is 16.7 Å². The van der Waals surface area contributed by atoms with Crippen LogP contribution in [0.5, 0.6) is 0 Å². The summed E-state index contributed by atoms with van der Waals surface area (Å²) in [4.78, 5) is 10.4. The first kappa shape index (κ1) is 31.9. The molecular weight excluding hydrogens is 689 g/mol. The lowest BCUT2D eigenvalue weighted by molar-refractivity contribution is 1.42. The van der Waals surface area contributed by atoms with Crippen molar-refractivity contribution in [2.24, 2.45) is 0 Å². The van der Waals surface area contributed by atoms with E-state index in [0.29, 0.717) is 0 Å². The molecule has 0 N–H and O–H groups in total. The van der Waals surface area contributed by atoms with Gasteiger partial charge in [-0.15, -0.1) is 0 Å². The van der Waals surface area contributed by atoms with Crippen LogP contribution in [0.1, 0.15) is 5.56 Å². The number of aromatic nitrogens is 2. The topological polar surface area (TPSA) is 25.8 Å². The molecule has 0 amide bonds. The predicted molar refractivity (Wildman–Crippen MR) is 243 cm³/mol. The minimum atomic E-state index is 1.01. The Labute approximate surface area is 329 Å². The van der Waals surface area contributed by atoms with E-state index >= 15 is 0 Å². The summed E-state index contributed by atoms with van der Waals surface area (Å²) >= 11 is 0. The van der Waals surface area contributed by atoms with Crippen molar-refractivity contribution in [2.45, 2.75) is 6.92 Å². The molecule has 0 aliphatic carbocycles. The number of benzene rings is 10. The molecule has 0 unspecified atom stereocenters. The average Bonchev–Trinajstić information content (AvgIpc) is 3.28. The number of hydrogen-bond donors (Lipinski definition) is 0. The van der Waals surface area contributed by atoms with E-state index in [4.69, 9.17) is 9.97 Å². The molecule has 0 aliphatic rings. The Bertz CT molecular complexity index is 3650. The number of nitrogens with zero attached hydrogens (tertiary/aromatic N) is 2. The predicted octanol–water partition coefficient (Wildman–Crippen LogP) is 15.0. The molecule has 57 heavy (non-hydrogen) atoms. The molecule has 0 spiro atoms. The van der Waals surface area contributed by atoms with Gasteiger partial charge in [0.15, 0.2) is 0 Å². The summed E-state index contributed by atoms with van der Waals surface area (Å²) in [5.74, 6) is 0. The van der Waals surface area contributed by atoms with E-state index in [1.165, 1.54) is 97.8 Å². The first-order valence-electron chi connectivity index (χ1n) is 19.6. The Morgan fingerprint density at radius 1 is 0.333 bits per heavy atom. The average molecular weight is 723 g/mol. The van der Waals surface area contributed by atoms with Crippen LogP contribution in [0.25, 0.3) is 120 Å². The van der Waals surface area contributed by atoms with Crippen LogP contribution in [-0.2, 0) is 0 Å². The maximum atomic E-state index is 5.53. The van der Waals surface area contributed by atoms with E-state index in [-0.39, 0.29) is 0 Å². The summed E-state index contributed by atoms with van der Waals surface area (Å²) in [5, 5.41) is 17.1. The summed E-state index contributed by atoms with van der Waals surface area (Å²) in [6.45, 7) is 2.17. The number of fused-ring (bicyclic) bond motifs is 14. The molecule has 2 heteroatoms. The molecule has 12 aromatic rings. The molecular formula is C55H34N2. The zero-order valence-electron chi connectivity index (χ0n) is 31.3. The molecule has 12 rings (SSSR count). The van der Waals surface area contributed by atoms with Crippen molar-refractivity contribution >= 4 is 86.4 Å². The number of rotatable bonds is 3. The lowest BCUT2D eigenvalue weighted by Gasteiger charge is -2.15. The van der Waals surface area contributed by atoms with Crippen LogP contribution in [0.2, 0.25) is 0 Å². The van der Waals surface area contributed by atoms with Gasteiger partial charge in [-0.1, -0.05) is 152 Å². The maximum Gasteiger partial charge on any atom is 0.0800 e. The van der Waals surface area contributed by atoms with Gasteiger partial charge >= 0.3 is 0 Å². The van der Waals surface area contributed by atoms with Crippen molar-refractivity contribution in [1.29, 1.82) is 0 Å². The quantitative estimate of drug-likeness (QED) is 0.170. The van der Waals surface area contributed by atoms with Gasteiger partial charge in [-0.05, 0) is 114 Å². The third-order valence-electron chi connectivity index (χ3n) is 12.1. The Morgan fingerprint density at radius 3 is 1.72 bits per heavy atom. The monoisotopic (exact) mass is 722 g/mol. The van der Waals surface area contributed by atoms with Gasteiger partial charge in [-0.25, -0.2) is 4.98 Å². The van der Waals surface area contributed by atoms with Gasteiger partial charge in [0.1, 0.15) is 0 Å². The van der Waals surface area contributed by atoms with Crippen LogP contribution in [0.4, 0.5) is 0 Å². The van der Waals surface area contributed by atoms with E-state index in [2.05, 4.69) is 183 Å². The van der Waals surface area contributed by atoms with Crippen LogP contribution in [0.15, 0.2) is 188 Å². The van der Waals surface area contributed by atoms with Crippen molar-refractivity contribution < 1.29 is 0 Å². The summed E-state index contributed by atoms with van der Waals surface area (Å²) in [6, 6.07) is 66.5. The van der Waals surface area contributed by atoms with Gasteiger partial charge in [0.2, 0.25) is 0 Å². The van der Waals surface area contributed by atoms with Crippen LogP contribution < -0.4 is 0 Å². The van der Waals surface area contributed by atoms with E-state index in [1.54, 1.807) is 0 Å². The van der Waals surface area contributed by atoms with Crippen LogP contribution in [0.3, 0.4) is 0 Å². The Hall–Kier alpha value is -7.42. The normalized spacial score (nSPS) is 11.9. The standard InChI is InChI=1S/C55H34N2/c1-33-11-8-13-39-32-50(49-21-10-28-56-54(49)51(33)39)38-25-27-42-37(31-38)23-22-36-29-35(24-26-41(36)42)34-12-9-14-40(30-34)53-48-20-7-5-18-46(48)52-45-17-4-2-15-43(45)44-16-3-6-19-47(44)55(52)57-53/h2-32H,1H3. The number of pyridine rings is 2. The van der Waals surface area contributed by atoms with E-state index in [1.807, 2.05) is 12.3 Å². The minimum absolute atomic E-state index is 1.01. The minimum Gasteiger partial charge on any atom is -0.256 e. The largest absolute Gasteiger partial charge is 0.256 e. The molecule has 0 bridgehead atoms. The Morgan fingerprint density at radius 2 is 0.930 bits per heavy atom. The molecule has 10 aromatic carbocycles. The highest BCUT2D eigenvalue weighted by molar-refractivity contribution is 6.31. The summed E-state index contributed by atoms with van der Waals surface area (Å²) < 4.78 is 0. The summed E-state index contributed by atoms with van der Waals surface area (Å²) in [6.07, 6.45) is 1.90. The highest BCUT2D eigenvalue weighted by Crippen LogP contribution is 2.42. The van der Waals surface area contributed by atoms with Crippen molar-refractivity contribution in [2.75, 3.05) is 0 Å². The van der Waals surface area contributed by atoms with E-state index in [9.17, 15) is 0 Å². The third kappa shape index (κ3) is 4.84. The van der Waals surface area contributed by atoms with Crippen molar-refractivity contribution in [3.8, 4) is 33.5 Å². The number of hydrogen-bond acceptors (Lipinski definition) is 2. The fourth-order valence-corrected chi connectivity index (χ4v) is 9.50. The molecule has 0 aliphatic heterocycles. The van der Waals surface area contributed by atoms with E-state index in [0.717, 1.165) is 27.7 Å². The lowest BCUT2D eigenvalue weighted by Crippen LogP contribution is -1.93. The lowest BCUT2D eigenvalue weighted by atomic mass is 9.91. The number of aryl methyl sites for hydroxylation is 1. The molecule has 0 atom stereocenters. The highest BCUT2D eigenvalue weighted by atomic mass is 14.7. The summed E-state index contributed by atoms with van der Waals surface area (Å²) in [5.41, 5.74) is 10.2. The molecule has 0 radical (unpaired) electrons. The van der Waals surface area contributed by atoms with Gasteiger partial charge in [-0.3, -0.25) is 4.98 Å². The van der Waals surface area contributed by atoms with Crippen molar-refractivity contribution in [3.05, 3.63) is 194 Å². The molecule has 0 fully saturated rings. The van der Waals surface area contributed by atoms with Gasteiger partial charge in [-0.2, -0.15) is 0 Å². The molecule has 264 valence electrons. The molecule has 0 saturated carbocycles. The molecule has 2 aromatic heterocycles. The molecule has 0 saturated heterocycles. The first-order chi connectivity index (χ1) is 28.2. The molecule has 2 nitrogen and oxygen atoms in total. The van der Waals surface area contributed by atoms with Gasteiger partial charge in [0, 0.05) is 38.7 Å². The Balaban J connectivity index is 0.978. The third-order valence-corrected chi connectivity index (χ3v) is 12.1. The summed E-state index contributed by atoms with van der Waals surface area (Å²) in [7, 11) is 0. The van der Waals surface area contributed by atoms with Crippen LogP contribution in [0, 0.1) is 6.92 Å². The second kappa shape index (κ2) is 12.3. The van der Waals surface area contributed by atoms with Crippen LogP contribution in [-0.4, -0.2) is 9.97 Å². The second-order valence-electron chi connectivity index (χ2n) is 15.3. The molecule has 2 heterocycles. The fourth-order valence-electron chi connectivity index (χ4n) is 9.50. The maximum absolute atomic E-state index is 5.53. The highest BCUT2D eigenvalue weighted by Gasteiger charge is 2.17. The fraction of sp³-hybridized carbons (Fsp3) is 0.0182. The van der Waals surface area contributed by atoms with Gasteiger partial charge < -0.3 is 0 Å². The van der Waals surface area contributed by atoms with Crippen molar-refractivity contribution in [3.63, 3.8) is 0 Å². The van der Waals surface area contributed by atoms with Crippen LogP contribution >= 0.6 is 0 Å². The van der Waals surface area contributed by atoms with Gasteiger partial charge in [0.25, 0.3) is 0 Å². The van der Waals surface area contributed by atoms with Crippen molar-refractivity contribution in [1.82, 2.24) is 9.97 Å². The smallest absolute Gasteiger partial charge is 0.0800 e. The zero-order valence-corrected chi connectivity index (χ0v) is 31.3. The SMILES string of the molecule is Cc1cccc2cc(-c3ccc4c(ccc5cc(-c6cccc(-c7nc8c9ccccc9c9ccccc9c8c8ccccc78)c6)ccc54)c3)c3cccnc3c12. The van der Waals surface area contributed by atoms with E-state index < -0.39 is 0 Å². The second-order valence-corrected chi connectivity index (χ2v) is 15.3. The Kier molecular flexibility index (Phi) is 6.88. The zero-order chi connectivity index (χ0) is 37.6. The first-order valence-corrected chi connectivity index (χ1v) is 19.6.